The standard InChI is InChI=1S/C19H20N4O4/c1-27-17-5-3-2-4-15(17)21-18(25)16-12-14(6-7-20-16)19(26)23-10-8-22(13-24)9-11-23/h2-7,12-13H,8-11H2,1H3,(H,21,25). The molecule has 8 heteroatoms. The van der Waals surface area contributed by atoms with Gasteiger partial charge in [0.05, 0.1) is 12.8 Å². The summed E-state index contributed by atoms with van der Waals surface area (Å²) >= 11 is 0. The van der Waals surface area contributed by atoms with Gasteiger partial charge in [0.2, 0.25) is 6.41 Å². The molecule has 140 valence electrons. The molecule has 2 aromatic rings. The Morgan fingerprint density at radius 3 is 2.59 bits per heavy atom. The van der Waals surface area contributed by atoms with Crippen molar-refractivity contribution in [3.8, 4) is 5.75 Å². The van der Waals surface area contributed by atoms with Gasteiger partial charge in [0.1, 0.15) is 11.4 Å². The molecule has 1 aromatic carbocycles. The Balaban J connectivity index is 1.72. The van der Waals surface area contributed by atoms with Gasteiger partial charge in [-0.15, -0.1) is 0 Å². The minimum Gasteiger partial charge on any atom is -0.495 e. The second-order valence-electron chi connectivity index (χ2n) is 6.02. The fraction of sp³-hybridized carbons (Fsp3) is 0.263. The number of benzene rings is 1. The number of ether oxygens (including phenoxy) is 1. The van der Waals surface area contributed by atoms with Crippen molar-refractivity contribution in [2.75, 3.05) is 38.6 Å². The number of hydrogen-bond acceptors (Lipinski definition) is 5. The molecule has 1 N–H and O–H groups in total. The summed E-state index contributed by atoms with van der Waals surface area (Å²) in [6.07, 6.45) is 2.22. The Morgan fingerprint density at radius 2 is 1.89 bits per heavy atom. The molecule has 0 bridgehead atoms. The van der Waals surface area contributed by atoms with Crippen molar-refractivity contribution in [3.05, 3.63) is 53.9 Å². The van der Waals surface area contributed by atoms with Crippen molar-refractivity contribution in [2.45, 2.75) is 0 Å². The first-order valence-electron chi connectivity index (χ1n) is 8.51. The van der Waals surface area contributed by atoms with Gasteiger partial charge >= 0.3 is 0 Å². The van der Waals surface area contributed by atoms with E-state index in [2.05, 4.69) is 10.3 Å². The first kappa shape index (κ1) is 18.4. The number of pyridine rings is 1. The number of anilines is 1. The minimum absolute atomic E-state index is 0.137. The number of amides is 3. The van der Waals surface area contributed by atoms with Crippen LogP contribution >= 0.6 is 0 Å². The molecule has 2 heterocycles. The van der Waals surface area contributed by atoms with Crippen molar-refractivity contribution in [1.82, 2.24) is 14.8 Å². The van der Waals surface area contributed by atoms with E-state index in [1.54, 1.807) is 40.1 Å². The van der Waals surface area contributed by atoms with E-state index in [4.69, 9.17) is 4.74 Å². The highest BCUT2D eigenvalue weighted by Crippen LogP contribution is 2.23. The van der Waals surface area contributed by atoms with Gasteiger partial charge in [0.15, 0.2) is 0 Å². The van der Waals surface area contributed by atoms with Crippen LogP contribution in [0.5, 0.6) is 5.75 Å². The molecule has 1 aliphatic rings. The van der Waals surface area contributed by atoms with Crippen molar-refractivity contribution < 1.29 is 19.1 Å². The first-order chi connectivity index (χ1) is 13.1. The van der Waals surface area contributed by atoms with Gasteiger partial charge in [-0.25, -0.2) is 0 Å². The maximum Gasteiger partial charge on any atom is 0.274 e. The normalized spacial score (nSPS) is 13.8. The zero-order chi connectivity index (χ0) is 19.2. The molecule has 3 amide bonds. The number of aromatic nitrogens is 1. The Morgan fingerprint density at radius 1 is 1.15 bits per heavy atom. The van der Waals surface area contributed by atoms with Crippen LogP contribution in [0, 0.1) is 0 Å². The Bertz CT molecular complexity index is 847. The summed E-state index contributed by atoms with van der Waals surface area (Å²) in [4.78, 5) is 43.3. The van der Waals surface area contributed by atoms with E-state index in [9.17, 15) is 14.4 Å². The zero-order valence-corrected chi connectivity index (χ0v) is 14.9. The van der Waals surface area contributed by atoms with Crippen LogP contribution in [-0.2, 0) is 4.79 Å². The second-order valence-corrected chi connectivity index (χ2v) is 6.02. The molecule has 1 aromatic heterocycles. The third kappa shape index (κ3) is 4.22. The number of methoxy groups -OCH3 is 1. The van der Waals surface area contributed by atoms with E-state index in [0.29, 0.717) is 43.2 Å². The van der Waals surface area contributed by atoms with Crippen molar-refractivity contribution in [3.63, 3.8) is 0 Å². The fourth-order valence-electron chi connectivity index (χ4n) is 2.83. The molecule has 0 saturated carbocycles. The Labute approximate surface area is 156 Å². The third-order valence-electron chi connectivity index (χ3n) is 4.35. The number of nitrogens with one attached hydrogen (secondary N) is 1. The minimum atomic E-state index is -0.431. The lowest BCUT2D eigenvalue weighted by molar-refractivity contribution is -0.119. The molecule has 0 aliphatic carbocycles. The first-order valence-corrected chi connectivity index (χ1v) is 8.51. The van der Waals surface area contributed by atoms with Crippen LogP contribution in [0.25, 0.3) is 0 Å². The molecule has 0 radical (unpaired) electrons. The molecule has 0 unspecified atom stereocenters. The van der Waals surface area contributed by atoms with Gasteiger partial charge in [-0.3, -0.25) is 19.4 Å². The highest BCUT2D eigenvalue weighted by atomic mass is 16.5. The van der Waals surface area contributed by atoms with E-state index in [1.165, 1.54) is 19.4 Å². The molecule has 0 atom stereocenters. The molecular formula is C19H20N4O4. The van der Waals surface area contributed by atoms with Crippen LogP contribution in [0.2, 0.25) is 0 Å². The van der Waals surface area contributed by atoms with Crippen LogP contribution in [-0.4, -0.2) is 66.3 Å². The van der Waals surface area contributed by atoms with Crippen LogP contribution in [0.1, 0.15) is 20.8 Å². The van der Waals surface area contributed by atoms with Crippen molar-refractivity contribution >= 4 is 23.9 Å². The van der Waals surface area contributed by atoms with Crippen LogP contribution < -0.4 is 10.1 Å². The largest absolute Gasteiger partial charge is 0.495 e. The fourth-order valence-corrected chi connectivity index (χ4v) is 2.83. The number of piperazine rings is 1. The SMILES string of the molecule is COc1ccccc1NC(=O)c1cc(C(=O)N2CCN(C=O)CC2)ccn1. The van der Waals surface area contributed by atoms with Gasteiger partial charge in [-0.2, -0.15) is 0 Å². The maximum absolute atomic E-state index is 12.7. The average Bonchev–Trinajstić information content (AvgIpc) is 2.73. The maximum atomic E-state index is 12.7. The van der Waals surface area contributed by atoms with Crippen LogP contribution in [0.3, 0.4) is 0 Å². The highest BCUT2D eigenvalue weighted by molar-refractivity contribution is 6.05. The number of hydrogen-bond donors (Lipinski definition) is 1. The highest BCUT2D eigenvalue weighted by Gasteiger charge is 2.22. The van der Waals surface area contributed by atoms with E-state index >= 15 is 0 Å². The summed E-state index contributed by atoms with van der Waals surface area (Å²) in [6.45, 7) is 1.92. The van der Waals surface area contributed by atoms with Crippen molar-refractivity contribution in [1.29, 1.82) is 0 Å². The number of rotatable bonds is 5. The van der Waals surface area contributed by atoms with Crippen LogP contribution in [0.4, 0.5) is 5.69 Å². The topological polar surface area (TPSA) is 91.8 Å². The van der Waals surface area contributed by atoms with Gasteiger partial charge in [-0.05, 0) is 24.3 Å². The van der Waals surface area contributed by atoms with E-state index < -0.39 is 5.91 Å². The number of para-hydroxylation sites is 2. The summed E-state index contributed by atoms with van der Waals surface area (Å²) in [6, 6.07) is 10.1. The predicted octanol–water partition coefficient (Wildman–Crippen LogP) is 1.26. The molecule has 3 rings (SSSR count). The summed E-state index contributed by atoms with van der Waals surface area (Å²) in [5.74, 6) is -0.0830. The van der Waals surface area contributed by atoms with E-state index in [1.807, 2.05) is 0 Å². The lowest BCUT2D eigenvalue weighted by Crippen LogP contribution is -2.48. The molecule has 27 heavy (non-hydrogen) atoms. The van der Waals surface area contributed by atoms with E-state index in [0.717, 1.165) is 6.41 Å². The van der Waals surface area contributed by atoms with E-state index in [-0.39, 0.29) is 11.6 Å². The molecule has 1 fully saturated rings. The summed E-state index contributed by atoms with van der Waals surface area (Å²) in [5, 5.41) is 2.74. The second kappa shape index (κ2) is 8.31. The number of carbonyl (C=O) groups excluding carboxylic acids is 3. The molecular weight excluding hydrogens is 348 g/mol. The molecule has 0 spiro atoms. The van der Waals surface area contributed by atoms with Crippen molar-refractivity contribution in [2.24, 2.45) is 0 Å². The molecule has 1 saturated heterocycles. The Hall–Kier alpha value is -3.42. The van der Waals surface area contributed by atoms with Gasteiger partial charge < -0.3 is 19.9 Å². The van der Waals surface area contributed by atoms with Gasteiger partial charge in [0, 0.05) is 37.9 Å². The number of carbonyl (C=O) groups is 3. The Kier molecular flexibility index (Phi) is 5.65. The monoisotopic (exact) mass is 368 g/mol. The molecule has 1 aliphatic heterocycles. The van der Waals surface area contributed by atoms with Gasteiger partial charge in [-0.1, -0.05) is 12.1 Å². The summed E-state index contributed by atoms with van der Waals surface area (Å²) in [5.41, 5.74) is 1.04. The summed E-state index contributed by atoms with van der Waals surface area (Å²) in [7, 11) is 1.52. The smallest absolute Gasteiger partial charge is 0.274 e. The quantitative estimate of drug-likeness (QED) is 0.802. The average molecular weight is 368 g/mol. The molecule has 8 nitrogen and oxygen atoms in total. The predicted molar refractivity (Wildman–Crippen MR) is 98.7 cm³/mol. The lowest BCUT2D eigenvalue weighted by Gasteiger charge is -2.32. The van der Waals surface area contributed by atoms with Gasteiger partial charge in [0.25, 0.3) is 11.8 Å². The lowest BCUT2D eigenvalue weighted by atomic mass is 10.1. The third-order valence-corrected chi connectivity index (χ3v) is 4.35. The zero-order valence-electron chi connectivity index (χ0n) is 14.9. The number of nitrogens with zero attached hydrogens (tertiary/aromatic N) is 3. The van der Waals surface area contributed by atoms with Crippen LogP contribution in [0.15, 0.2) is 42.6 Å². The summed E-state index contributed by atoms with van der Waals surface area (Å²) < 4.78 is 5.22.